The predicted octanol–water partition coefficient (Wildman–Crippen LogP) is 3.81. The summed E-state index contributed by atoms with van der Waals surface area (Å²) >= 11 is 3.43. The lowest BCUT2D eigenvalue weighted by Crippen LogP contribution is -2.21. The smallest absolute Gasteiger partial charge is 0.129 e. The van der Waals surface area contributed by atoms with E-state index in [1.54, 1.807) is 6.07 Å². The van der Waals surface area contributed by atoms with Gasteiger partial charge in [0.15, 0.2) is 0 Å². The van der Waals surface area contributed by atoms with Crippen LogP contribution in [0.3, 0.4) is 0 Å². The molecule has 0 aliphatic heterocycles. The number of hydrogen-bond acceptors (Lipinski definition) is 2. The maximum Gasteiger partial charge on any atom is 0.129 e. The molecule has 0 aliphatic rings. The minimum absolute atomic E-state index is 0.0457. The molecule has 2 atom stereocenters. The zero-order chi connectivity index (χ0) is 15.6. The van der Waals surface area contributed by atoms with Crippen LogP contribution < -0.4 is 5.73 Å². The van der Waals surface area contributed by atoms with Gasteiger partial charge in [-0.15, -0.1) is 0 Å². The molecule has 2 rings (SSSR count). The fraction of sp³-hybridized carbons (Fsp3) is 0.250. The molecule has 112 valence electrons. The van der Waals surface area contributed by atoms with Crippen LogP contribution in [0.4, 0.5) is 8.78 Å². The Hall–Kier alpha value is -1.30. The molecule has 2 nitrogen and oxygen atoms in total. The summed E-state index contributed by atoms with van der Waals surface area (Å²) in [4.78, 5) is 0. The second kappa shape index (κ2) is 6.64. The van der Waals surface area contributed by atoms with Gasteiger partial charge in [-0.25, -0.2) is 8.78 Å². The molecule has 0 aliphatic carbocycles. The van der Waals surface area contributed by atoms with E-state index in [4.69, 9.17) is 5.73 Å². The fourth-order valence-electron chi connectivity index (χ4n) is 2.34. The van der Waals surface area contributed by atoms with Gasteiger partial charge in [0.05, 0.1) is 6.10 Å². The third-order valence-corrected chi connectivity index (χ3v) is 4.62. The minimum Gasteiger partial charge on any atom is -0.388 e. The fourth-order valence-corrected chi connectivity index (χ4v) is 2.84. The van der Waals surface area contributed by atoms with Crippen LogP contribution in [0.1, 0.15) is 28.7 Å². The molecule has 21 heavy (non-hydrogen) atoms. The number of nitrogens with two attached hydrogens (primary N) is 1. The molecule has 0 bridgehead atoms. The van der Waals surface area contributed by atoms with Gasteiger partial charge >= 0.3 is 0 Å². The standard InChI is InChI=1S/C16H16BrF2NO/c1-9-3-2-4-12(15(9)17)16(21)13(8-20)11-6-5-10(18)7-14(11)19/h2-7,13,16,21H,8,20H2,1H3. The molecule has 0 heterocycles. The minimum atomic E-state index is -0.982. The van der Waals surface area contributed by atoms with Crippen molar-refractivity contribution in [1.29, 1.82) is 0 Å². The van der Waals surface area contributed by atoms with E-state index in [-0.39, 0.29) is 12.1 Å². The molecule has 0 amide bonds. The van der Waals surface area contributed by atoms with Crippen molar-refractivity contribution >= 4 is 15.9 Å². The van der Waals surface area contributed by atoms with Crippen molar-refractivity contribution in [3.05, 3.63) is 69.2 Å². The van der Waals surface area contributed by atoms with Crippen molar-refractivity contribution < 1.29 is 13.9 Å². The molecule has 2 aromatic carbocycles. The van der Waals surface area contributed by atoms with Crippen LogP contribution in [0.2, 0.25) is 0 Å². The average Bonchev–Trinajstić information content (AvgIpc) is 2.44. The number of benzene rings is 2. The number of halogens is 3. The highest BCUT2D eigenvalue weighted by atomic mass is 79.9. The maximum absolute atomic E-state index is 13.9. The Morgan fingerprint density at radius 1 is 1.19 bits per heavy atom. The lowest BCUT2D eigenvalue weighted by atomic mass is 9.88. The van der Waals surface area contributed by atoms with Crippen LogP contribution in [0.15, 0.2) is 40.9 Å². The van der Waals surface area contributed by atoms with Crippen LogP contribution >= 0.6 is 15.9 Å². The van der Waals surface area contributed by atoms with Gasteiger partial charge in [-0.1, -0.05) is 40.2 Å². The normalized spacial score (nSPS) is 14.0. The Morgan fingerprint density at radius 2 is 1.90 bits per heavy atom. The monoisotopic (exact) mass is 355 g/mol. The Bertz CT molecular complexity index is 648. The van der Waals surface area contributed by atoms with Crippen molar-refractivity contribution in [2.24, 2.45) is 5.73 Å². The van der Waals surface area contributed by atoms with E-state index in [2.05, 4.69) is 15.9 Å². The molecule has 5 heteroatoms. The first kappa shape index (κ1) is 16.1. The van der Waals surface area contributed by atoms with Crippen LogP contribution in [-0.4, -0.2) is 11.7 Å². The molecule has 0 saturated carbocycles. The van der Waals surface area contributed by atoms with E-state index >= 15 is 0 Å². The number of rotatable bonds is 4. The van der Waals surface area contributed by atoms with Crippen molar-refractivity contribution in [3.63, 3.8) is 0 Å². The van der Waals surface area contributed by atoms with Crippen molar-refractivity contribution in [3.8, 4) is 0 Å². The predicted molar refractivity (Wildman–Crippen MR) is 82.0 cm³/mol. The highest BCUT2D eigenvalue weighted by molar-refractivity contribution is 9.10. The van der Waals surface area contributed by atoms with Crippen molar-refractivity contribution in [1.82, 2.24) is 0 Å². The summed E-state index contributed by atoms with van der Waals surface area (Å²) in [5.74, 6) is -2.00. The van der Waals surface area contributed by atoms with Crippen LogP contribution in [0.25, 0.3) is 0 Å². The lowest BCUT2D eigenvalue weighted by Gasteiger charge is -2.24. The van der Waals surface area contributed by atoms with Gasteiger partial charge in [0, 0.05) is 23.0 Å². The molecular weight excluding hydrogens is 340 g/mol. The Balaban J connectivity index is 2.43. The highest BCUT2D eigenvalue weighted by Crippen LogP contribution is 2.36. The Labute approximate surface area is 130 Å². The van der Waals surface area contributed by atoms with E-state index in [9.17, 15) is 13.9 Å². The van der Waals surface area contributed by atoms with Crippen LogP contribution in [0, 0.1) is 18.6 Å². The van der Waals surface area contributed by atoms with Gasteiger partial charge in [0.25, 0.3) is 0 Å². The van der Waals surface area contributed by atoms with Gasteiger partial charge in [0.2, 0.25) is 0 Å². The first-order valence-corrected chi connectivity index (χ1v) is 7.33. The molecular formula is C16H16BrF2NO. The Kier molecular flexibility index (Phi) is 5.08. The summed E-state index contributed by atoms with van der Waals surface area (Å²) < 4.78 is 27.7. The number of aliphatic hydroxyl groups excluding tert-OH is 1. The summed E-state index contributed by atoms with van der Waals surface area (Å²) in [7, 11) is 0. The van der Waals surface area contributed by atoms with E-state index in [0.29, 0.717) is 5.56 Å². The molecule has 0 radical (unpaired) electrons. The number of aryl methyl sites for hydroxylation is 1. The quantitative estimate of drug-likeness (QED) is 0.875. The van der Waals surface area contributed by atoms with Crippen LogP contribution in [-0.2, 0) is 0 Å². The van der Waals surface area contributed by atoms with Crippen LogP contribution in [0.5, 0.6) is 0 Å². The van der Waals surface area contributed by atoms with Gasteiger partial charge in [-0.2, -0.15) is 0 Å². The van der Waals surface area contributed by atoms with Crippen molar-refractivity contribution in [2.45, 2.75) is 18.9 Å². The van der Waals surface area contributed by atoms with E-state index < -0.39 is 23.7 Å². The third-order valence-electron chi connectivity index (χ3n) is 3.54. The molecule has 0 aromatic heterocycles. The molecule has 0 saturated heterocycles. The van der Waals surface area contributed by atoms with Crippen molar-refractivity contribution in [2.75, 3.05) is 6.54 Å². The Morgan fingerprint density at radius 3 is 2.52 bits per heavy atom. The topological polar surface area (TPSA) is 46.2 Å². The van der Waals surface area contributed by atoms with E-state index in [1.165, 1.54) is 12.1 Å². The maximum atomic E-state index is 13.9. The van der Waals surface area contributed by atoms with E-state index in [0.717, 1.165) is 16.1 Å². The molecule has 3 N–H and O–H groups in total. The zero-order valence-electron chi connectivity index (χ0n) is 11.5. The molecule has 0 fully saturated rings. The summed E-state index contributed by atoms with van der Waals surface area (Å²) in [6.45, 7) is 1.94. The SMILES string of the molecule is Cc1cccc(C(O)C(CN)c2ccc(F)cc2F)c1Br. The number of hydrogen-bond donors (Lipinski definition) is 2. The first-order chi connectivity index (χ1) is 9.95. The van der Waals surface area contributed by atoms with Gasteiger partial charge in [0.1, 0.15) is 11.6 Å². The zero-order valence-corrected chi connectivity index (χ0v) is 13.1. The second-order valence-electron chi connectivity index (χ2n) is 4.93. The third kappa shape index (κ3) is 3.31. The summed E-state index contributed by atoms with van der Waals surface area (Å²) in [5.41, 5.74) is 7.50. The summed E-state index contributed by atoms with van der Waals surface area (Å²) in [6.07, 6.45) is -0.982. The molecule has 2 aromatic rings. The average molecular weight is 356 g/mol. The highest BCUT2D eigenvalue weighted by Gasteiger charge is 2.26. The summed E-state index contributed by atoms with van der Waals surface area (Å²) in [6, 6.07) is 8.76. The van der Waals surface area contributed by atoms with Gasteiger partial charge in [-0.3, -0.25) is 0 Å². The first-order valence-electron chi connectivity index (χ1n) is 6.53. The second-order valence-corrected chi connectivity index (χ2v) is 5.72. The van der Waals surface area contributed by atoms with Gasteiger partial charge in [-0.05, 0) is 29.7 Å². The number of aliphatic hydroxyl groups is 1. The lowest BCUT2D eigenvalue weighted by molar-refractivity contribution is 0.145. The van der Waals surface area contributed by atoms with Gasteiger partial charge < -0.3 is 10.8 Å². The molecule has 2 unspecified atom stereocenters. The van der Waals surface area contributed by atoms with E-state index in [1.807, 2.05) is 19.1 Å². The molecule has 0 spiro atoms. The summed E-state index contributed by atoms with van der Waals surface area (Å²) in [5, 5.41) is 10.6. The largest absolute Gasteiger partial charge is 0.388 e.